The van der Waals surface area contributed by atoms with E-state index in [4.69, 9.17) is 8.92 Å². The van der Waals surface area contributed by atoms with E-state index >= 15 is 0 Å². The number of rotatable bonds is 5. The number of likely N-dealkylation sites (N-methyl/N-ethyl adjacent to an activating group) is 1. The number of urea groups is 1. The summed E-state index contributed by atoms with van der Waals surface area (Å²) in [5.41, 5.74) is 0.648. The molecule has 25 heavy (non-hydrogen) atoms. The summed E-state index contributed by atoms with van der Waals surface area (Å²) in [6.45, 7) is 1.21. The Balaban J connectivity index is 1.79. The van der Waals surface area contributed by atoms with Crippen molar-refractivity contribution in [3.63, 3.8) is 0 Å². The van der Waals surface area contributed by atoms with Gasteiger partial charge < -0.3 is 13.8 Å². The first-order valence-electron chi connectivity index (χ1n) is 7.62. The zero-order valence-corrected chi connectivity index (χ0v) is 14.7. The second-order valence-electron chi connectivity index (χ2n) is 5.57. The molecule has 0 atom stereocenters. The van der Waals surface area contributed by atoms with Gasteiger partial charge in [-0.05, 0) is 36.4 Å². The number of hydrogen-bond donors (Lipinski definition) is 0. The van der Waals surface area contributed by atoms with Crippen molar-refractivity contribution in [3.8, 4) is 11.5 Å². The summed E-state index contributed by atoms with van der Waals surface area (Å²) in [5.74, 6) is 0.666. The third-order valence-electron chi connectivity index (χ3n) is 3.90. The SMILES string of the molecule is COc1cccc(OS(=O)(=O)c2ccc(N3CCN(C)C3=O)cc2)c1. The van der Waals surface area contributed by atoms with Crippen molar-refractivity contribution in [3.05, 3.63) is 48.5 Å². The summed E-state index contributed by atoms with van der Waals surface area (Å²) < 4.78 is 35.0. The first kappa shape index (κ1) is 17.1. The molecule has 1 heterocycles. The molecule has 0 unspecified atom stereocenters. The van der Waals surface area contributed by atoms with Gasteiger partial charge in [0.05, 0.1) is 7.11 Å². The van der Waals surface area contributed by atoms with Crippen LogP contribution in [0.15, 0.2) is 53.4 Å². The average molecular weight is 362 g/mol. The summed E-state index contributed by atoms with van der Waals surface area (Å²) in [6, 6.07) is 12.3. The Kier molecular flexibility index (Phi) is 4.54. The molecule has 1 aliphatic rings. The van der Waals surface area contributed by atoms with Gasteiger partial charge in [-0.25, -0.2) is 4.79 Å². The van der Waals surface area contributed by atoms with Gasteiger partial charge in [0, 0.05) is 31.9 Å². The van der Waals surface area contributed by atoms with E-state index in [2.05, 4.69) is 0 Å². The quantitative estimate of drug-likeness (QED) is 0.763. The summed E-state index contributed by atoms with van der Waals surface area (Å²) in [4.78, 5) is 15.2. The second-order valence-corrected chi connectivity index (χ2v) is 7.11. The fraction of sp³-hybridized carbons (Fsp3) is 0.235. The predicted octanol–water partition coefficient (Wildman–Crippen LogP) is 2.33. The van der Waals surface area contributed by atoms with E-state index in [0.29, 0.717) is 24.5 Å². The number of amides is 2. The van der Waals surface area contributed by atoms with Crippen LogP contribution in [0.1, 0.15) is 0 Å². The molecule has 0 radical (unpaired) electrons. The molecule has 0 spiro atoms. The van der Waals surface area contributed by atoms with Gasteiger partial charge in [-0.15, -0.1) is 0 Å². The standard InChI is InChI=1S/C17H18N2O5S/c1-18-10-11-19(17(18)20)13-6-8-16(9-7-13)25(21,22)24-15-5-3-4-14(12-15)23-2/h3-9,12H,10-11H2,1-2H3. The highest BCUT2D eigenvalue weighted by molar-refractivity contribution is 7.87. The van der Waals surface area contributed by atoms with E-state index in [1.807, 2.05) is 0 Å². The molecular formula is C17H18N2O5S. The van der Waals surface area contributed by atoms with Crippen LogP contribution in [0.25, 0.3) is 0 Å². The summed E-state index contributed by atoms with van der Waals surface area (Å²) in [7, 11) is -0.757. The molecule has 2 aromatic carbocycles. The Morgan fingerprint density at radius 1 is 1.00 bits per heavy atom. The van der Waals surface area contributed by atoms with E-state index < -0.39 is 10.1 Å². The smallest absolute Gasteiger partial charge is 0.339 e. The molecule has 0 saturated carbocycles. The molecular weight excluding hydrogens is 344 g/mol. The Bertz CT molecular complexity index is 880. The van der Waals surface area contributed by atoms with E-state index in [-0.39, 0.29) is 16.7 Å². The summed E-state index contributed by atoms with van der Waals surface area (Å²) in [6.07, 6.45) is 0. The van der Waals surface area contributed by atoms with E-state index in [0.717, 1.165) is 0 Å². The van der Waals surface area contributed by atoms with Crippen molar-refractivity contribution in [2.24, 2.45) is 0 Å². The molecule has 1 saturated heterocycles. The van der Waals surface area contributed by atoms with Gasteiger partial charge in [0.15, 0.2) is 0 Å². The third kappa shape index (κ3) is 3.53. The molecule has 0 N–H and O–H groups in total. The summed E-state index contributed by atoms with van der Waals surface area (Å²) in [5, 5.41) is 0. The molecule has 3 rings (SSSR count). The lowest BCUT2D eigenvalue weighted by atomic mass is 10.3. The highest BCUT2D eigenvalue weighted by atomic mass is 32.2. The van der Waals surface area contributed by atoms with Crippen molar-refractivity contribution >= 4 is 21.8 Å². The zero-order chi connectivity index (χ0) is 18.0. The van der Waals surface area contributed by atoms with Crippen LogP contribution in [0, 0.1) is 0 Å². The topological polar surface area (TPSA) is 76.2 Å². The normalized spacial score (nSPS) is 14.7. The minimum Gasteiger partial charge on any atom is -0.497 e. The number of ether oxygens (including phenoxy) is 1. The number of anilines is 1. The number of methoxy groups -OCH3 is 1. The highest BCUT2D eigenvalue weighted by Crippen LogP contribution is 2.25. The molecule has 2 aromatic rings. The Labute approximate surface area is 146 Å². The van der Waals surface area contributed by atoms with Crippen LogP contribution in [0.4, 0.5) is 10.5 Å². The molecule has 0 aromatic heterocycles. The molecule has 7 nitrogen and oxygen atoms in total. The molecule has 1 fully saturated rings. The number of nitrogens with zero attached hydrogens (tertiary/aromatic N) is 2. The number of benzene rings is 2. The van der Waals surface area contributed by atoms with Crippen LogP contribution >= 0.6 is 0 Å². The van der Waals surface area contributed by atoms with Gasteiger partial charge in [-0.3, -0.25) is 4.90 Å². The molecule has 1 aliphatic heterocycles. The van der Waals surface area contributed by atoms with Crippen molar-refractivity contribution < 1.29 is 22.1 Å². The number of carbonyl (C=O) groups excluding carboxylic acids is 1. The first-order valence-corrected chi connectivity index (χ1v) is 9.03. The molecule has 8 heteroatoms. The van der Waals surface area contributed by atoms with Crippen LogP contribution < -0.4 is 13.8 Å². The first-order chi connectivity index (χ1) is 11.9. The van der Waals surface area contributed by atoms with Gasteiger partial charge in [0.25, 0.3) is 0 Å². The van der Waals surface area contributed by atoms with Crippen molar-refractivity contribution in [2.75, 3.05) is 32.1 Å². The molecule has 0 bridgehead atoms. The van der Waals surface area contributed by atoms with Crippen molar-refractivity contribution in [2.45, 2.75) is 4.90 Å². The highest BCUT2D eigenvalue weighted by Gasteiger charge is 2.27. The lowest BCUT2D eigenvalue weighted by Gasteiger charge is -2.16. The van der Waals surface area contributed by atoms with Gasteiger partial charge in [0.1, 0.15) is 16.4 Å². The maximum atomic E-state index is 12.4. The number of hydrogen-bond acceptors (Lipinski definition) is 5. The summed E-state index contributed by atoms with van der Waals surface area (Å²) >= 11 is 0. The zero-order valence-electron chi connectivity index (χ0n) is 13.9. The van der Waals surface area contributed by atoms with Gasteiger partial charge in [-0.2, -0.15) is 8.42 Å². The minimum absolute atomic E-state index is 0.0130. The second kappa shape index (κ2) is 6.64. The Morgan fingerprint density at radius 3 is 2.28 bits per heavy atom. The van der Waals surface area contributed by atoms with E-state index in [1.54, 1.807) is 41.1 Å². The lowest BCUT2D eigenvalue weighted by molar-refractivity contribution is 0.229. The Morgan fingerprint density at radius 2 is 1.68 bits per heavy atom. The molecule has 132 valence electrons. The number of carbonyl (C=O) groups is 1. The van der Waals surface area contributed by atoms with Crippen LogP contribution in [0.2, 0.25) is 0 Å². The van der Waals surface area contributed by atoms with Gasteiger partial charge in [-0.1, -0.05) is 6.07 Å². The van der Waals surface area contributed by atoms with E-state index in [9.17, 15) is 13.2 Å². The largest absolute Gasteiger partial charge is 0.497 e. The minimum atomic E-state index is -3.97. The van der Waals surface area contributed by atoms with Gasteiger partial charge >= 0.3 is 16.1 Å². The van der Waals surface area contributed by atoms with E-state index in [1.165, 1.54) is 31.4 Å². The van der Waals surface area contributed by atoms with Crippen molar-refractivity contribution in [1.29, 1.82) is 0 Å². The third-order valence-corrected chi connectivity index (χ3v) is 5.16. The maximum absolute atomic E-state index is 12.4. The fourth-order valence-corrected chi connectivity index (χ4v) is 3.43. The fourth-order valence-electron chi connectivity index (χ4n) is 2.51. The predicted molar refractivity (Wildman–Crippen MR) is 92.6 cm³/mol. The molecule has 0 aliphatic carbocycles. The van der Waals surface area contributed by atoms with Crippen LogP contribution in [0.5, 0.6) is 11.5 Å². The average Bonchev–Trinajstić information content (AvgIpc) is 2.94. The van der Waals surface area contributed by atoms with Crippen molar-refractivity contribution in [1.82, 2.24) is 4.90 Å². The monoisotopic (exact) mass is 362 g/mol. The van der Waals surface area contributed by atoms with Crippen LogP contribution in [-0.4, -0.2) is 46.6 Å². The van der Waals surface area contributed by atoms with Gasteiger partial charge in [0.2, 0.25) is 0 Å². The maximum Gasteiger partial charge on any atom is 0.339 e. The molecule has 2 amide bonds. The lowest BCUT2D eigenvalue weighted by Crippen LogP contribution is -2.29. The Hall–Kier alpha value is -2.74. The van der Waals surface area contributed by atoms with Crippen LogP contribution in [-0.2, 0) is 10.1 Å². The van der Waals surface area contributed by atoms with Crippen LogP contribution in [0.3, 0.4) is 0 Å².